The molecule has 3 aliphatic carbocycles. The maximum absolute atomic E-state index is 14.4. The van der Waals surface area contributed by atoms with Crippen molar-refractivity contribution in [3.05, 3.63) is 130 Å². The van der Waals surface area contributed by atoms with E-state index in [1.807, 2.05) is 78.9 Å². The van der Waals surface area contributed by atoms with Crippen LogP contribution in [-0.4, -0.2) is 42.7 Å². The molecule has 254 valence electrons. The van der Waals surface area contributed by atoms with Gasteiger partial charge >= 0.3 is 0 Å². The summed E-state index contributed by atoms with van der Waals surface area (Å²) in [7, 11) is 3.21. The smallest absolute Gasteiger partial charge is 0.238 e. The molecule has 1 aliphatic heterocycles. The lowest BCUT2D eigenvalue weighted by molar-refractivity contribution is -0.123. The second-order valence-electron chi connectivity index (χ2n) is 13.5. The normalized spacial score (nSPS) is 22.9. The lowest BCUT2D eigenvalue weighted by atomic mass is 9.59. The van der Waals surface area contributed by atoms with E-state index in [4.69, 9.17) is 9.47 Å². The van der Waals surface area contributed by atoms with E-state index in [1.54, 1.807) is 39.3 Å². The second kappa shape index (κ2) is 12.4. The number of anilines is 1. The van der Waals surface area contributed by atoms with Crippen molar-refractivity contribution in [1.82, 2.24) is 0 Å². The third-order valence-corrected chi connectivity index (χ3v) is 10.8. The van der Waals surface area contributed by atoms with Crippen LogP contribution in [0.2, 0.25) is 0 Å². The average Bonchev–Trinajstić information content (AvgIpc) is 3.41. The first-order valence-electron chi connectivity index (χ1n) is 17.0. The van der Waals surface area contributed by atoms with E-state index in [-0.39, 0.29) is 35.6 Å². The zero-order valence-electron chi connectivity index (χ0n) is 28.4. The van der Waals surface area contributed by atoms with Crippen LogP contribution >= 0.6 is 0 Å². The molecule has 0 bridgehead atoms. The molecule has 2 amide bonds. The molecule has 8 nitrogen and oxygen atoms in total. The molecule has 1 heterocycles. The fourth-order valence-corrected chi connectivity index (χ4v) is 8.45. The fourth-order valence-electron chi connectivity index (χ4n) is 8.45. The highest BCUT2D eigenvalue weighted by atomic mass is 16.5. The summed E-state index contributed by atoms with van der Waals surface area (Å²) in [6.07, 6.45) is 7.65. The molecule has 0 radical (unpaired) electrons. The lowest BCUT2D eigenvalue weighted by Crippen LogP contribution is -2.39. The first kappa shape index (κ1) is 32.2. The van der Waals surface area contributed by atoms with E-state index in [2.05, 4.69) is 0 Å². The first-order valence-corrected chi connectivity index (χ1v) is 17.0. The minimum Gasteiger partial charge on any atom is -0.508 e. The summed E-state index contributed by atoms with van der Waals surface area (Å²) in [5, 5.41) is 13.0. The number of methoxy groups -OCH3 is 2. The fraction of sp³-hybridized carbons (Fsp3) is 0.209. The Morgan fingerprint density at radius 1 is 0.843 bits per heavy atom. The molecule has 4 atom stereocenters. The van der Waals surface area contributed by atoms with Gasteiger partial charge in [0.25, 0.3) is 0 Å². The van der Waals surface area contributed by atoms with Gasteiger partial charge in [0.05, 0.1) is 31.7 Å². The molecule has 8 heteroatoms. The summed E-state index contributed by atoms with van der Waals surface area (Å²) in [6.45, 7) is 1.63. The van der Waals surface area contributed by atoms with Gasteiger partial charge in [-0.25, -0.2) is 0 Å². The Balaban J connectivity index is 1.15. The van der Waals surface area contributed by atoms with Crippen molar-refractivity contribution in [2.45, 2.75) is 25.7 Å². The molecular weight excluding hydrogens is 642 g/mol. The van der Waals surface area contributed by atoms with Crippen LogP contribution in [-0.2, 0) is 19.2 Å². The van der Waals surface area contributed by atoms with Gasteiger partial charge in [-0.3, -0.25) is 24.1 Å². The Labute approximate surface area is 295 Å². The number of hydrogen-bond acceptors (Lipinski definition) is 7. The van der Waals surface area contributed by atoms with Crippen molar-refractivity contribution >= 4 is 52.0 Å². The number of hydrogen-bond donors (Lipinski definition) is 1. The summed E-state index contributed by atoms with van der Waals surface area (Å²) in [4.78, 5) is 57.2. The Bertz CT molecular complexity index is 2310. The van der Waals surface area contributed by atoms with Crippen molar-refractivity contribution in [2.75, 3.05) is 19.1 Å². The number of imide groups is 1. The lowest BCUT2D eigenvalue weighted by Gasteiger charge is -2.42. The van der Waals surface area contributed by atoms with Gasteiger partial charge in [0.2, 0.25) is 11.8 Å². The maximum atomic E-state index is 14.4. The van der Waals surface area contributed by atoms with Crippen molar-refractivity contribution in [3.8, 4) is 17.2 Å². The number of nitrogens with zero attached hydrogens (tertiary/aromatic N) is 1. The van der Waals surface area contributed by atoms with Gasteiger partial charge in [-0.05, 0) is 84.5 Å². The van der Waals surface area contributed by atoms with Gasteiger partial charge in [-0.15, -0.1) is 0 Å². The number of amides is 2. The first-order chi connectivity index (χ1) is 24.7. The summed E-state index contributed by atoms with van der Waals surface area (Å²) in [6, 6.07) is 23.8. The number of Topliss-reactive ketones (excluding diaryl/α,β-unsaturated/α-hetero) is 1. The van der Waals surface area contributed by atoms with Crippen molar-refractivity contribution in [3.63, 3.8) is 0 Å². The number of fused-ring (bicyclic) bond motifs is 4. The number of ether oxygens (including phenoxy) is 2. The summed E-state index contributed by atoms with van der Waals surface area (Å²) >= 11 is 0. The van der Waals surface area contributed by atoms with Gasteiger partial charge in [0.15, 0.2) is 11.6 Å². The summed E-state index contributed by atoms with van der Waals surface area (Å²) in [5.74, 6) is -2.28. The molecule has 4 aromatic carbocycles. The van der Waals surface area contributed by atoms with Crippen molar-refractivity contribution in [1.29, 1.82) is 0 Å². The van der Waals surface area contributed by atoms with E-state index in [0.717, 1.165) is 27.5 Å². The highest BCUT2D eigenvalue weighted by Crippen LogP contribution is 2.57. The van der Waals surface area contributed by atoms with Crippen LogP contribution in [0.15, 0.2) is 113 Å². The largest absolute Gasteiger partial charge is 0.508 e. The molecule has 4 unspecified atom stereocenters. The second-order valence-corrected chi connectivity index (χ2v) is 13.5. The van der Waals surface area contributed by atoms with Crippen molar-refractivity contribution in [2.24, 2.45) is 17.8 Å². The Hall–Kier alpha value is -6.02. The highest BCUT2D eigenvalue weighted by Gasteiger charge is 2.57. The van der Waals surface area contributed by atoms with E-state index < -0.39 is 23.7 Å². The molecule has 8 rings (SSSR count). The van der Waals surface area contributed by atoms with Gasteiger partial charge in [-0.1, -0.05) is 66.3 Å². The molecule has 0 aromatic heterocycles. The van der Waals surface area contributed by atoms with Crippen molar-refractivity contribution < 1.29 is 33.8 Å². The monoisotopic (exact) mass is 677 g/mol. The Morgan fingerprint density at radius 2 is 1.63 bits per heavy atom. The number of rotatable bonds is 6. The number of phenols is 1. The number of benzene rings is 4. The van der Waals surface area contributed by atoms with E-state index in [9.17, 15) is 24.3 Å². The molecule has 1 fully saturated rings. The minimum atomic E-state index is -0.738. The van der Waals surface area contributed by atoms with Crippen LogP contribution in [0.4, 0.5) is 5.69 Å². The molecule has 1 N–H and O–H groups in total. The zero-order chi connectivity index (χ0) is 35.6. The number of carbonyl (C=O) groups is 4. The van der Waals surface area contributed by atoms with Gasteiger partial charge < -0.3 is 14.6 Å². The third-order valence-electron chi connectivity index (χ3n) is 10.8. The number of ketones is 2. The van der Waals surface area contributed by atoms with Crippen LogP contribution in [0.3, 0.4) is 0 Å². The predicted molar refractivity (Wildman–Crippen MR) is 194 cm³/mol. The molecule has 0 saturated carbocycles. The molecule has 0 spiro atoms. The van der Waals surface area contributed by atoms with E-state index in [0.29, 0.717) is 45.9 Å². The predicted octanol–water partition coefficient (Wildman–Crippen LogP) is 7.37. The Morgan fingerprint density at radius 3 is 2.39 bits per heavy atom. The molecule has 4 aliphatic rings. The van der Waals surface area contributed by atoms with Crippen LogP contribution in [0, 0.1) is 17.8 Å². The van der Waals surface area contributed by atoms with Gasteiger partial charge in [-0.2, -0.15) is 0 Å². The molecule has 51 heavy (non-hydrogen) atoms. The average molecular weight is 678 g/mol. The van der Waals surface area contributed by atoms with Crippen LogP contribution < -0.4 is 14.4 Å². The summed E-state index contributed by atoms with van der Waals surface area (Å²) in [5.41, 5.74) is 4.55. The van der Waals surface area contributed by atoms with E-state index >= 15 is 0 Å². The minimum absolute atomic E-state index is 0.00943. The summed E-state index contributed by atoms with van der Waals surface area (Å²) < 4.78 is 10.8. The number of aromatic hydroxyl groups is 1. The molecular formula is C43H35NO7. The zero-order valence-corrected chi connectivity index (χ0v) is 28.4. The topological polar surface area (TPSA) is 110 Å². The van der Waals surface area contributed by atoms with E-state index in [1.165, 1.54) is 11.0 Å². The van der Waals surface area contributed by atoms with Gasteiger partial charge in [0.1, 0.15) is 17.2 Å². The molecule has 1 saturated heterocycles. The van der Waals surface area contributed by atoms with Crippen LogP contribution in [0.5, 0.6) is 17.2 Å². The standard InChI is InChI=1S/C43H35NO7/c1-23-20-35(46)39-33(41(23)47)22-32-30(40(39)38-29-7-5-4-6-25(29)12-18-34(38)45)16-17-31-37(32)43(49)44(42(31)48)27-13-9-24(10-14-27)8-11-26-21-28(50-2)15-19-36(26)51-3/h4-16,18-21,31-32,37,40,45H,17,22H2,1-3H3. The SMILES string of the molecule is COc1ccc(OC)c(C=Cc2ccc(N3C(=O)C4CC=C5C(c6c(O)ccc7ccccc67)C6=C(CC5C4C3=O)C(=O)C(C)=CC6=O)cc2)c1. The van der Waals surface area contributed by atoms with Crippen LogP contribution in [0.25, 0.3) is 22.9 Å². The maximum Gasteiger partial charge on any atom is 0.238 e. The van der Waals surface area contributed by atoms with Crippen LogP contribution in [0.1, 0.15) is 42.4 Å². The quantitative estimate of drug-likeness (QED) is 0.0983. The van der Waals surface area contributed by atoms with Gasteiger partial charge in [0, 0.05) is 33.8 Å². The number of phenolic OH excluding ortho intramolecular Hbond substituents is 1. The number of allylic oxidation sites excluding steroid dienone is 6. The highest BCUT2D eigenvalue weighted by molar-refractivity contribution is 6.25. The Kier molecular flexibility index (Phi) is 7.82. The number of carbonyl (C=O) groups excluding carboxylic acids is 4. The third kappa shape index (κ3) is 5.12. The molecule has 4 aromatic rings.